The lowest BCUT2D eigenvalue weighted by atomic mass is 10.2. The zero-order valence-electron chi connectivity index (χ0n) is 10.9. The van der Waals surface area contributed by atoms with Crippen LogP contribution < -0.4 is 5.32 Å². The number of amides is 1. The topological polar surface area (TPSA) is 42.0 Å². The van der Waals surface area contributed by atoms with E-state index in [-0.39, 0.29) is 5.91 Å². The van der Waals surface area contributed by atoms with Gasteiger partial charge in [0.05, 0.1) is 17.6 Å². The number of carbonyl (C=O) groups excluding carboxylic acids is 1. The van der Waals surface area contributed by atoms with Gasteiger partial charge >= 0.3 is 0 Å². The molecule has 0 aliphatic heterocycles. The fourth-order valence-corrected chi connectivity index (χ4v) is 2.05. The fraction of sp³-hybridized carbons (Fsp3) is 0.333. The maximum atomic E-state index is 11.7. The van der Waals surface area contributed by atoms with E-state index >= 15 is 0 Å². The molecular weight excluding hydrogens is 260 g/mol. The highest BCUT2D eigenvalue weighted by Crippen LogP contribution is 2.18. The van der Waals surface area contributed by atoms with Crippen molar-refractivity contribution in [3.05, 3.63) is 41.0 Å². The highest BCUT2D eigenvalue weighted by atomic mass is 35.5. The molecule has 0 saturated carbocycles. The third-order valence-electron chi connectivity index (χ3n) is 2.90. The van der Waals surface area contributed by atoms with Gasteiger partial charge in [0.25, 0.3) is 0 Å². The van der Waals surface area contributed by atoms with Gasteiger partial charge in [-0.25, -0.2) is 0 Å². The molecule has 2 rings (SSSR count). The number of nitrogens with one attached hydrogen (secondary N) is 1. The Kier molecular flexibility index (Phi) is 4.74. The summed E-state index contributed by atoms with van der Waals surface area (Å²) in [5.74, 6) is 0.0225. The summed E-state index contributed by atoms with van der Waals surface area (Å²) < 4.78 is 0. The Hall–Kier alpha value is -1.61. The van der Waals surface area contributed by atoms with Crippen molar-refractivity contribution in [2.75, 3.05) is 6.54 Å². The lowest BCUT2D eigenvalue weighted by Gasteiger charge is -2.05. The monoisotopic (exact) mass is 276 g/mol. The second-order valence-electron chi connectivity index (χ2n) is 4.52. The second kappa shape index (κ2) is 6.53. The summed E-state index contributed by atoms with van der Waals surface area (Å²) in [5.41, 5.74) is 1.65. The third-order valence-corrected chi connectivity index (χ3v) is 3.14. The number of carbonyl (C=O) groups is 1. The van der Waals surface area contributed by atoms with E-state index in [0.29, 0.717) is 11.4 Å². The van der Waals surface area contributed by atoms with Gasteiger partial charge in [0, 0.05) is 17.0 Å². The third kappa shape index (κ3) is 3.93. The van der Waals surface area contributed by atoms with Crippen molar-refractivity contribution in [2.45, 2.75) is 26.2 Å². The maximum absolute atomic E-state index is 11.7. The minimum atomic E-state index is 0.0225. The molecule has 0 radical (unpaired) electrons. The summed E-state index contributed by atoms with van der Waals surface area (Å²) in [6.07, 6.45) is 2.41. The number of unbranched alkanes of at least 4 members (excludes halogenated alkanes) is 1. The number of pyridine rings is 1. The van der Waals surface area contributed by atoms with Crippen LogP contribution in [0.2, 0.25) is 5.02 Å². The first-order valence-electron chi connectivity index (χ1n) is 6.51. The van der Waals surface area contributed by atoms with Gasteiger partial charge < -0.3 is 5.32 Å². The number of fused-ring (bicyclic) bond motifs is 1. The van der Waals surface area contributed by atoms with Gasteiger partial charge in [-0.3, -0.25) is 9.78 Å². The molecule has 2 aromatic rings. The predicted octanol–water partition coefficient (Wildman–Crippen LogP) is 3.35. The van der Waals surface area contributed by atoms with E-state index in [0.717, 1.165) is 36.0 Å². The summed E-state index contributed by atoms with van der Waals surface area (Å²) in [4.78, 5) is 16.2. The van der Waals surface area contributed by atoms with Gasteiger partial charge in [-0.1, -0.05) is 31.0 Å². The Bertz CT molecular complexity index is 583. The lowest BCUT2D eigenvalue weighted by Crippen LogP contribution is -2.26. The molecule has 1 N–H and O–H groups in total. The van der Waals surface area contributed by atoms with Crippen LogP contribution in [-0.4, -0.2) is 17.4 Å². The molecule has 1 aromatic carbocycles. The Morgan fingerprint density at radius 1 is 1.32 bits per heavy atom. The van der Waals surface area contributed by atoms with Crippen LogP contribution >= 0.6 is 11.6 Å². The molecule has 3 nitrogen and oxygen atoms in total. The van der Waals surface area contributed by atoms with Crippen molar-refractivity contribution >= 4 is 28.4 Å². The molecule has 4 heteroatoms. The smallest absolute Gasteiger partial charge is 0.226 e. The molecule has 0 spiro atoms. The molecule has 1 heterocycles. The lowest BCUT2D eigenvalue weighted by molar-refractivity contribution is -0.120. The second-order valence-corrected chi connectivity index (χ2v) is 4.96. The van der Waals surface area contributed by atoms with Crippen LogP contribution in [0.4, 0.5) is 0 Å². The summed E-state index contributed by atoms with van der Waals surface area (Å²) in [7, 11) is 0. The number of benzene rings is 1. The van der Waals surface area contributed by atoms with Gasteiger partial charge in [0.2, 0.25) is 5.91 Å². The van der Waals surface area contributed by atoms with Crippen LogP contribution in [0.1, 0.15) is 25.5 Å². The average Bonchev–Trinajstić information content (AvgIpc) is 2.39. The molecule has 0 bridgehead atoms. The van der Waals surface area contributed by atoms with Gasteiger partial charge in [0.1, 0.15) is 0 Å². The quantitative estimate of drug-likeness (QED) is 0.851. The first kappa shape index (κ1) is 13.8. The van der Waals surface area contributed by atoms with E-state index in [1.165, 1.54) is 0 Å². The number of hydrogen-bond acceptors (Lipinski definition) is 2. The summed E-state index contributed by atoms with van der Waals surface area (Å²) >= 11 is 5.92. The molecule has 0 fully saturated rings. The van der Waals surface area contributed by atoms with E-state index in [1.807, 2.05) is 30.3 Å². The maximum Gasteiger partial charge on any atom is 0.226 e. The molecule has 0 aliphatic rings. The van der Waals surface area contributed by atoms with E-state index in [4.69, 9.17) is 11.6 Å². The highest BCUT2D eigenvalue weighted by Gasteiger charge is 2.05. The van der Waals surface area contributed by atoms with Gasteiger partial charge in [-0.2, -0.15) is 0 Å². The Labute approximate surface area is 118 Å². The first-order valence-corrected chi connectivity index (χ1v) is 6.88. The number of nitrogens with zero attached hydrogens (tertiary/aromatic N) is 1. The highest BCUT2D eigenvalue weighted by molar-refractivity contribution is 6.31. The summed E-state index contributed by atoms with van der Waals surface area (Å²) in [5, 5.41) is 4.57. The average molecular weight is 277 g/mol. The molecule has 0 atom stereocenters. The normalized spacial score (nSPS) is 10.6. The van der Waals surface area contributed by atoms with Crippen molar-refractivity contribution in [3.63, 3.8) is 0 Å². The fourth-order valence-electron chi connectivity index (χ4n) is 1.87. The number of hydrogen-bond donors (Lipinski definition) is 1. The van der Waals surface area contributed by atoms with Crippen LogP contribution in [0.5, 0.6) is 0 Å². The van der Waals surface area contributed by atoms with E-state index in [9.17, 15) is 4.79 Å². The number of halogens is 1. The summed E-state index contributed by atoms with van der Waals surface area (Å²) in [6, 6.07) is 9.37. The molecule has 0 saturated heterocycles. The standard InChI is InChI=1S/C15H17ClN2O/c1-2-3-8-17-15(19)10-13-6-4-11-9-12(16)5-7-14(11)18-13/h4-7,9H,2-3,8,10H2,1H3,(H,17,19). The Morgan fingerprint density at radius 3 is 2.95 bits per heavy atom. The van der Waals surface area contributed by atoms with Crippen LogP contribution in [0.3, 0.4) is 0 Å². The zero-order valence-corrected chi connectivity index (χ0v) is 11.7. The van der Waals surface area contributed by atoms with Crippen molar-refractivity contribution in [3.8, 4) is 0 Å². The number of rotatable bonds is 5. The Balaban J connectivity index is 2.05. The van der Waals surface area contributed by atoms with Crippen LogP contribution in [0.15, 0.2) is 30.3 Å². The minimum absolute atomic E-state index is 0.0225. The van der Waals surface area contributed by atoms with Crippen LogP contribution in [-0.2, 0) is 11.2 Å². The van der Waals surface area contributed by atoms with Crippen molar-refractivity contribution in [2.24, 2.45) is 0 Å². The largest absolute Gasteiger partial charge is 0.356 e. The summed E-state index contributed by atoms with van der Waals surface area (Å²) in [6.45, 7) is 2.83. The van der Waals surface area contributed by atoms with Gasteiger partial charge in [-0.05, 0) is 30.7 Å². The Morgan fingerprint density at radius 2 is 2.16 bits per heavy atom. The molecule has 1 amide bonds. The number of aromatic nitrogens is 1. The van der Waals surface area contributed by atoms with E-state index < -0.39 is 0 Å². The van der Waals surface area contributed by atoms with E-state index in [2.05, 4.69) is 17.2 Å². The minimum Gasteiger partial charge on any atom is -0.356 e. The zero-order chi connectivity index (χ0) is 13.7. The van der Waals surface area contributed by atoms with Crippen LogP contribution in [0.25, 0.3) is 10.9 Å². The molecule has 100 valence electrons. The molecule has 19 heavy (non-hydrogen) atoms. The van der Waals surface area contributed by atoms with Gasteiger partial charge in [-0.15, -0.1) is 0 Å². The van der Waals surface area contributed by atoms with Crippen molar-refractivity contribution in [1.29, 1.82) is 0 Å². The van der Waals surface area contributed by atoms with Crippen molar-refractivity contribution in [1.82, 2.24) is 10.3 Å². The molecule has 1 aromatic heterocycles. The molecule has 0 aliphatic carbocycles. The van der Waals surface area contributed by atoms with Crippen molar-refractivity contribution < 1.29 is 4.79 Å². The molecule has 0 unspecified atom stereocenters. The van der Waals surface area contributed by atoms with Gasteiger partial charge in [0.15, 0.2) is 0 Å². The first-order chi connectivity index (χ1) is 9.19. The van der Waals surface area contributed by atoms with E-state index in [1.54, 1.807) is 0 Å². The predicted molar refractivity (Wildman–Crippen MR) is 78.4 cm³/mol. The van der Waals surface area contributed by atoms with Crippen LogP contribution in [0, 0.1) is 0 Å². The molecular formula is C15H17ClN2O. The SMILES string of the molecule is CCCCNC(=O)Cc1ccc2cc(Cl)ccc2n1.